The molecule has 1 aliphatic carbocycles. The van der Waals surface area contributed by atoms with Gasteiger partial charge in [-0.05, 0) is 44.1 Å². The van der Waals surface area contributed by atoms with Gasteiger partial charge in [0.15, 0.2) is 0 Å². The Kier molecular flexibility index (Phi) is 2.92. The lowest BCUT2D eigenvalue weighted by Gasteiger charge is -2.14. The second kappa shape index (κ2) is 3.97. The zero-order chi connectivity index (χ0) is 8.39. The summed E-state index contributed by atoms with van der Waals surface area (Å²) in [5.41, 5.74) is 0. The first-order valence-electron chi connectivity index (χ1n) is 5.17. The summed E-state index contributed by atoms with van der Waals surface area (Å²) in [6.07, 6.45) is 5.58. The molecule has 0 N–H and O–H groups in total. The first kappa shape index (κ1) is 8.83. The summed E-state index contributed by atoms with van der Waals surface area (Å²) in [5.74, 6) is 2.81. The van der Waals surface area contributed by atoms with E-state index in [0.29, 0.717) is 0 Å². The van der Waals surface area contributed by atoms with Crippen LogP contribution in [-0.2, 0) is 0 Å². The van der Waals surface area contributed by atoms with Crippen molar-refractivity contribution >= 4 is 11.6 Å². The van der Waals surface area contributed by atoms with Crippen LogP contribution in [-0.4, -0.2) is 30.4 Å². The van der Waals surface area contributed by atoms with Crippen LogP contribution in [0, 0.1) is 11.8 Å². The lowest BCUT2D eigenvalue weighted by molar-refractivity contribution is 0.310. The van der Waals surface area contributed by atoms with Gasteiger partial charge in [-0.15, -0.1) is 11.6 Å². The summed E-state index contributed by atoms with van der Waals surface area (Å²) in [4.78, 5) is 2.63. The minimum atomic E-state index is 0.849. The molecule has 70 valence electrons. The van der Waals surface area contributed by atoms with E-state index in [1.54, 1.807) is 0 Å². The van der Waals surface area contributed by atoms with Gasteiger partial charge in [0.05, 0.1) is 0 Å². The third-order valence-corrected chi connectivity index (χ3v) is 3.32. The highest BCUT2D eigenvalue weighted by atomic mass is 35.5. The molecule has 1 saturated carbocycles. The molecule has 0 spiro atoms. The molecule has 2 rings (SSSR count). The van der Waals surface area contributed by atoms with Crippen LogP contribution >= 0.6 is 11.6 Å². The largest absolute Gasteiger partial charge is 0.303 e. The van der Waals surface area contributed by atoms with Gasteiger partial charge in [-0.1, -0.05) is 0 Å². The quantitative estimate of drug-likeness (QED) is 0.611. The van der Waals surface area contributed by atoms with Crippen LogP contribution in [0.1, 0.15) is 25.7 Å². The van der Waals surface area contributed by atoms with Gasteiger partial charge in [-0.3, -0.25) is 0 Å². The molecule has 2 fully saturated rings. The number of rotatable bonds is 4. The number of likely N-dealkylation sites (tertiary alicyclic amines) is 1. The zero-order valence-corrected chi connectivity index (χ0v) is 8.39. The molecule has 2 heteroatoms. The van der Waals surface area contributed by atoms with E-state index >= 15 is 0 Å². The number of nitrogens with zero attached hydrogens (tertiary/aromatic N) is 1. The summed E-state index contributed by atoms with van der Waals surface area (Å²) in [5, 5.41) is 0. The molecular weight excluding hydrogens is 170 g/mol. The average Bonchev–Trinajstić information content (AvgIpc) is 2.74. The lowest BCUT2D eigenvalue weighted by atomic mass is 10.1. The number of hydrogen-bond donors (Lipinski definition) is 0. The highest BCUT2D eigenvalue weighted by molar-refractivity contribution is 6.17. The van der Waals surface area contributed by atoms with Crippen molar-refractivity contribution in [3.63, 3.8) is 0 Å². The van der Waals surface area contributed by atoms with Gasteiger partial charge in [0, 0.05) is 19.0 Å². The molecule has 1 nitrogen and oxygen atoms in total. The summed E-state index contributed by atoms with van der Waals surface area (Å²) < 4.78 is 0. The Bertz CT molecular complexity index is 145. The molecule has 1 heterocycles. The molecule has 0 aromatic carbocycles. The normalized spacial score (nSPS) is 31.2. The van der Waals surface area contributed by atoms with Crippen LogP contribution in [0.3, 0.4) is 0 Å². The van der Waals surface area contributed by atoms with Crippen LogP contribution in [0.5, 0.6) is 0 Å². The SMILES string of the molecule is ClCCC1CCN(CC2CC2)C1. The van der Waals surface area contributed by atoms with Crippen LogP contribution in [0.25, 0.3) is 0 Å². The van der Waals surface area contributed by atoms with E-state index in [1.165, 1.54) is 45.3 Å². The van der Waals surface area contributed by atoms with Crippen molar-refractivity contribution in [2.45, 2.75) is 25.7 Å². The van der Waals surface area contributed by atoms with Gasteiger partial charge >= 0.3 is 0 Å². The predicted octanol–water partition coefficient (Wildman–Crippen LogP) is 2.35. The van der Waals surface area contributed by atoms with Gasteiger partial charge in [0.25, 0.3) is 0 Å². The molecular formula is C10H18ClN. The highest BCUT2D eigenvalue weighted by Crippen LogP contribution is 2.31. The van der Waals surface area contributed by atoms with Crippen molar-refractivity contribution in [2.75, 3.05) is 25.5 Å². The Hall–Kier alpha value is 0.250. The first-order valence-corrected chi connectivity index (χ1v) is 5.70. The maximum Gasteiger partial charge on any atom is 0.0226 e. The summed E-state index contributed by atoms with van der Waals surface area (Å²) in [7, 11) is 0. The Morgan fingerprint density at radius 1 is 1.17 bits per heavy atom. The highest BCUT2D eigenvalue weighted by Gasteiger charge is 2.28. The van der Waals surface area contributed by atoms with Crippen molar-refractivity contribution in [3.05, 3.63) is 0 Å². The molecule has 1 saturated heterocycles. The van der Waals surface area contributed by atoms with Crippen LogP contribution in [0.2, 0.25) is 0 Å². The van der Waals surface area contributed by atoms with E-state index in [-0.39, 0.29) is 0 Å². The summed E-state index contributed by atoms with van der Waals surface area (Å²) in [6.45, 7) is 4.03. The minimum absolute atomic E-state index is 0.849. The second-order valence-electron chi connectivity index (χ2n) is 4.34. The minimum Gasteiger partial charge on any atom is -0.303 e. The van der Waals surface area contributed by atoms with Gasteiger partial charge in [0.1, 0.15) is 0 Å². The monoisotopic (exact) mass is 187 g/mol. The second-order valence-corrected chi connectivity index (χ2v) is 4.71. The van der Waals surface area contributed by atoms with Crippen LogP contribution in [0.15, 0.2) is 0 Å². The van der Waals surface area contributed by atoms with E-state index in [1.807, 2.05) is 0 Å². The molecule has 1 atom stereocenters. The van der Waals surface area contributed by atoms with Crippen molar-refractivity contribution in [1.29, 1.82) is 0 Å². The molecule has 0 aromatic heterocycles. The van der Waals surface area contributed by atoms with E-state index in [9.17, 15) is 0 Å². The Balaban J connectivity index is 1.66. The summed E-state index contributed by atoms with van der Waals surface area (Å²) >= 11 is 5.73. The van der Waals surface area contributed by atoms with Gasteiger partial charge in [0.2, 0.25) is 0 Å². The van der Waals surface area contributed by atoms with Crippen LogP contribution in [0.4, 0.5) is 0 Å². The number of hydrogen-bond acceptors (Lipinski definition) is 1. The first-order chi connectivity index (χ1) is 5.88. The van der Waals surface area contributed by atoms with E-state index in [0.717, 1.165) is 17.7 Å². The molecule has 1 aliphatic heterocycles. The smallest absolute Gasteiger partial charge is 0.0226 e. The van der Waals surface area contributed by atoms with Crippen molar-refractivity contribution in [1.82, 2.24) is 4.90 Å². The Morgan fingerprint density at radius 2 is 2.00 bits per heavy atom. The Morgan fingerprint density at radius 3 is 2.67 bits per heavy atom. The molecule has 0 aromatic rings. The van der Waals surface area contributed by atoms with Crippen LogP contribution < -0.4 is 0 Å². The maximum absolute atomic E-state index is 5.73. The third-order valence-electron chi connectivity index (χ3n) is 3.10. The average molecular weight is 188 g/mol. The summed E-state index contributed by atoms with van der Waals surface area (Å²) in [6, 6.07) is 0. The molecule has 1 unspecified atom stereocenters. The van der Waals surface area contributed by atoms with Gasteiger partial charge in [-0.25, -0.2) is 0 Å². The topological polar surface area (TPSA) is 3.24 Å². The predicted molar refractivity (Wildman–Crippen MR) is 52.6 cm³/mol. The maximum atomic E-state index is 5.73. The van der Waals surface area contributed by atoms with E-state index in [4.69, 9.17) is 11.6 Å². The Labute approximate surface area is 80.1 Å². The van der Waals surface area contributed by atoms with Gasteiger partial charge < -0.3 is 4.90 Å². The molecule has 0 bridgehead atoms. The van der Waals surface area contributed by atoms with E-state index < -0.39 is 0 Å². The molecule has 2 aliphatic rings. The third kappa shape index (κ3) is 2.37. The molecule has 12 heavy (non-hydrogen) atoms. The van der Waals surface area contributed by atoms with Gasteiger partial charge in [-0.2, -0.15) is 0 Å². The fourth-order valence-corrected chi connectivity index (χ4v) is 2.44. The van der Waals surface area contributed by atoms with Crippen molar-refractivity contribution < 1.29 is 0 Å². The number of alkyl halides is 1. The molecule has 0 amide bonds. The fourth-order valence-electron chi connectivity index (χ4n) is 2.13. The van der Waals surface area contributed by atoms with Crippen molar-refractivity contribution in [3.8, 4) is 0 Å². The standard InChI is InChI=1S/C10H18ClN/c11-5-3-10-4-6-12(8-10)7-9-1-2-9/h9-10H,1-8H2. The lowest BCUT2D eigenvalue weighted by Crippen LogP contribution is -2.23. The number of halogens is 1. The molecule has 0 radical (unpaired) electrons. The van der Waals surface area contributed by atoms with E-state index in [2.05, 4.69) is 4.90 Å². The van der Waals surface area contributed by atoms with Crippen molar-refractivity contribution in [2.24, 2.45) is 11.8 Å². The zero-order valence-electron chi connectivity index (χ0n) is 7.64. The fraction of sp³-hybridized carbons (Fsp3) is 1.00.